The van der Waals surface area contributed by atoms with Gasteiger partial charge in [-0.2, -0.15) is 4.31 Å². The van der Waals surface area contributed by atoms with Gasteiger partial charge in [-0.05, 0) is 29.3 Å². The smallest absolute Gasteiger partial charge is 0.254 e. The molecule has 0 bridgehead atoms. The van der Waals surface area contributed by atoms with Gasteiger partial charge in [0.25, 0.3) is 5.91 Å². The Labute approximate surface area is 195 Å². The average molecular weight is 471 g/mol. The molecule has 5 nitrogen and oxygen atoms in total. The summed E-state index contributed by atoms with van der Waals surface area (Å²) in [4.78, 5) is 15.1. The van der Waals surface area contributed by atoms with Crippen LogP contribution < -0.4 is 0 Å². The number of hydrogen-bond donors (Lipinski definition) is 0. The number of carbonyl (C=O) groups is 1. The maximum atomic E-state index is 13.5. The summed E-state index contributed by atoms with van der Waals surface area (Å²) in [6, 6.07) is 23.5. The highest BCUT2D eigenvalue weighted by Crippen LogP contribution is 2.31. The van der Waals surface area contributed by atoms with Gasteiger partial charge in [0.05, 0.1) is 11.1 Å². The van der Waals surface area contributed by atoms with Gasteiger partial charge < -0.3 is 4.90 Å². The molecule has 168 valence electrons. The summed E-state index contributed by atoms with van der Waals surface area (Å²) < 4.78 is 27.4. The Morgan fingerprint density at radius 3 is 1.84 bits per heavy atom. The van der Waals surface area contributed by atoms with Crippen molar-refractivity contribution in [1.29, 1.82) is 0 Å². The van der Waals surface area contributed by atoms with Crippen molar-refractivity contribution in [2.75, 3.05) is 20.1 Å². The van der Waals surface area contributed by atoms with E-state index in [1.165, 1.54) is 16.4 Å². The number of carbonyl (C=O) groups excluding carboxylic acids is 1. The number of hydrogen-bond acceptors (Lipinski definition) is 3. The lowest BCUT2D eigenvalue weighted by atomic mass is 9.97. The predicted molar refractivity (Wildman–Crippen MR) is 128 cm³/mol. The minimum Gasteiger partial charge on any atom is -0.331 e. The van der Waals surface area contributed by atoms with Crippen molar-refractivity contribution >= 4 is 27.5 Å². The molecule has 32 heavy (non-hydrogen) atoms. The molecule has 7 heteroatoms. The van der Waals surface area contributed by atoms with Crippen LogP contribution in [0, 0.1) is 0 Å². The molecule has 0 N–H and O–H groups in total. The maximum Gasteiger partial charge on any atom is 0.254 e. The summed E-state index contributed by atoms with van der Waals surface area (Å²) >= 11 is 6.25. The van der Waals surface area contributed by atoms with Crippen LogP contribution in [0.3, 0.4) is 0 Å². The fourth-order valence-corrected chi connectivity index (χ4v) is 5.73. The quantitative estimate of drug-likeness (QED) is 0.452. The first-order valence-corrected chi connectivity index (χ1v) is 12.3. The van der Waals surface area contributed by atoms with Crippen LogP contribution in [0.25, 0.3) is 0 Å². The molecule has 0 spiro atoms. The number of nitrogens with zero attached hydrogens (tertiary/aromatic N) is 2. The van der Waals surface area contributed by atoms with Gasteiger partial charge in [-0.15, -0.1) is 0 Å². The number of benzene rings is 3. The Morgan fingerprint density at radius 2 is 1.38 bits per heavy atom. The molecule has 3 aromatic carbocycles. The average Bonchev–Trinajstić information content (AvgIpc) is 2.81. The van der Waals surface area contributed by atoms with Gasteiger partial charge in [-0.1, -0.05) is 86.1 Å². The molecule has 3 rings (SSSR count). The van der Waals surface area contributed by atoms with E-state index in [9.17, 15) is 13.2 Å². The highest BCUT2D eigenvalue weighted by Gasteiger charge is 2.28. The van der Waals surface area contributed by atoms with Crippen molar-refractivity contribution in [3.8, 4) is 0 Å². The van der Waals surface area contributed by atoms with Gasteiger partial charge in [0.15, 0.2) is 0 Å². The zero-order valence-electron chi connectivity index (χ0n) is 18.4. The minimum absolute atomic E-state index is 0.0573. The molecule has 0 saturated carbocycles. The Hall–Kier alpha value is -2.67. The van der Waals surface area contributed by atoms with Gasteiger partial charge in [-0.25, -0.2) is 8.42 Å². The molecule has 0 heterocycles. The third-order valence-electron chi connectivity index (χ3n) is 5.44. The van der Waals surface area contributed by atoms with Crippen molar-refractivity contribution in [2.45, 2.75) is 24.8 Å². The first kappa shape index (κ1) is 24.0. The predicted octanol–water partition coefficient (Wildman–Crippen LogP) is 5.23. The lowest BCUT2D eigenvalue weighted by molar-refractivity contribution is 0.0755. The first-order chi connectivity index (χ1) is 15.3. The van der Waals surface area contributed by atoms with Crippen molar-refractivity contribution in [3.05, 3.63) is 101 Å². The van der Waals surface area contributed by atoms with Crippen molar-refractivity contribution < 1.29 is 13.2 Å². The summed E-state index contributed by atoms with van der Waals surface area (Å²) in [7, 11) is -2.09. The lowest BCUT2D eigenvalue weighted by Crippen LogP contribution is -2.33. The van der Waals surface area contributed by atoms with E-state index in [0.717, 1.165) is 11.1 Å². The van der Waals surface area contributed by atoms with Crippen LogP contribution in [0.15, 0.2) is 83.8 Å². The second kappa shape index (κ2) is 10.3. The molecule has 0 fully saturated rings. The minimum atomic E-state index is -3.81. The second-order valence-electron chi connectivity index (χ2n) is 7.37. The summed E-state index contributed by atoms with van der Waals surface area (Å²) in [6.45, 7) is 4.17. The van der Waals surface area contributed by atoms with Crippen LogP contribution in [-0.4, -0.2) is 43.7 Å². The maximum absolute atomic E-state index is 13.5. The molecule has 1 amide bonds. The Bertz CT molecular complexity index is 1120. The Kier molecular flexibility index (Phi) is 7.72. The first-order valence-electron chi connectivity index (χ1n) is 10.5. The molecule has 0 aliphatic rings. The number of sulfonamides is 1. The molecule has 3 aromatic rings. The van der Waals surface area contributed by atoms with E-state index in [1.54, 1.807) is 31.9 Å². The Morgan fingerprint density at radius 1 is 0.875 bits per heavy atom. The summed E-state index contributed by atoms with van der Waals surface area (Å²) in [5.74, 6) is -0.296. The zero-order valence-corrected chi connectivity index (χ0v) is 20.0. The van der Waals surface area contributed by atoms with Gasteiger partial charge >= 0.3 is 0 Å². The lowest BCUT2D eigenvalue weighted by Gasteiger charge is -2.29. The van der Waals surface area contributed by atoms with Crippen molar-refractivity contribution in [2.24, 2.45) is 0 Å². The summed E-state index contributed by atoms with van der Waals surface area (Å²) in [6.07, 6.45) is 0. The summed E-state index contributed by atoms with van der Waals surface area (Å²) in [5, 5.41) is 0.0961. The van der Waals surface area contributed by atoms with E-state index in [1.807, 2.05) is 60.7 Å². The zero-order chi connectivity index (χ0) is 23.3. The highest BCUT2D eigenvalue weighted by molar-refractivity contribution is 7.89. The Balaban J connectivity index is 2.04. The number of amides is 1. The molecule has 0 atom stereocenters. The molecular formula is C25H27ClN2O3S. The molecule has 0 unspecified atom stereocenters. The van der Waals surface area contributed by atoms with Crippen LogP contribution in [0.2, 0.25) is 5.02 Å². The van der Waals surface area contributed by atoms with Gasteiger partial charge in [0.1, 0.15) is 4.90 Å². The van der Waals surface area contributed by atoms with E-state index in [2.05, 4.69) is 0 Å². The van der Waals surface area contributed by atoms with Gasteiger partial charge in [-0.3, -0.25) is 4.79 Å². The molecule has 0 aromatic heterocycles. The number of rotatable bonds is 8. The monoisotopic (exact) mass is 470 g/mol. The SMILES string of the molecule is CCN(CC)S(=O)(=O)c1cc(C(=O)N(C)C(c2ccccc2)c2ccccc2)ccc1Cl. The van der Waals surface area contributed by atoms with E-state index < -0.39 is 10.0 Å². The van der Waals surface area contributed by atoms with Crippen LogP contribution in [-0.2, 0) is 10.0 Å². The van der Waals surface area contributed by atoms with Gasteiger partial charge in [0, 0.05) is 25.7 Å². The van der Waals surface area contributed by atoms with Crippen LogP contribution in [0.4, 0.5) is 0 Å². The van der Waals surface area contributed by atoms with Crippen LogP contribution in [0.1, 0.15) is 41.4 Å². The molecule has 0 saturated heterocycles. The van der Waals surface area contributed by atoms with Gasteiger partial charge in [0.2, 0.25) is 10.0 Å². The van der Waals surface area contributed by atoms with Crippen LogP contribution in [0.5, 0.6) is 0 Å². The molecular weight excluding hydrogens is 444 g/mol. The second-order valence-corrected chi connectivity index (χ2v) is 9.69. The van der Waals surface area contributed by atoms with Crippen LogP contribution >= 0.6 is 11.6 Å². The standard InChI is InChI=1S/C25H27ClN2O3S/c1-4-28(5-2)32(30,31)23-18-21(16-17-22(23)26)25(29)27(3)24(19-12-8-6-9-13-19)20-14-10-7-11-15-20/h6-18,24H,4-5H2,1-3H3. The van der Waals surface area contributed by atoms with E-state index in [0.29, 0.717) is 13.1 Å². The normalized spacial score (nSPS) is 11.7. The van der Waals surface area contributed by atoms with Crippen molar-refractivity contribution in [1.82, 2.24) is 9.21 Å². The van der Waals surface area contributed by atoms with Crippen molar-refractivity contribution in [3.63, 3.8) is 0 Å². The summed E-state index contributed by atoms with van der Waals surface area (Å²) in [5.41, 5.74) is 2.18. The van der Waals surface area contributed by atoms with E-state index >= 15 is 0 Å². The fraction of sp³-hybridized carbons (Fsp3) is 0.240. The topological polar surface area (TPSA) is 57.7 Å². The molecule has 0 radical (unpaired) electrons. The largest absolute Gasteiger partial charge is 0.331 e. The fourth-order valence-electron chi connectivity index (χ4n) is 3.77. The molecule has 0 aliphatic heterocycles. The highest BCUT2D eigenvalue weighted by atomic mass is 35.5. The molecule has 0 aliphatic carbocycles. The number of halogens is 1. The van der Waals surface area contributed by atoms with E-state index in [4.69, 9.17) is 11.6 Å². The third-order valence-corrected chi connectivity index (χ3v) is 7.97. The van der Waals surface area contributed by atoms with E-state index in [-0.39, 0.29) is 27.4 Å². The third kappa shape index (κ3) is 4.88.